The Bertz CT molecular complexity index is 229. The predicted octanol–water partition coefficient (Wildman–Crippen LogP) is 0.513. The third kappa shape index (κ3) is 1.30. The normalized spacial score (nSPS) is 27.6. The molecule has 1 aliphatic rings. The first-order chi connectivity index (χ1) is 5.76. The molecule has 1 heterocycles. The Labute approximate surface area is 76.6 Å². The second-order valence-corrected chi connectivity index (χ2v) is 3.10. The number of β-lactam (4-membered cyclic amide) rings is 1. The van der Waals surface area contributed by atoms with Crippen LogP contribution in [0.3, 0.4) is 0 Å². The summed E-state index contributed by atoms with van der Waals surface area (Å²) in [5.41, 5.74) is 0. The van der Waals surface area contributed by atoms with Crippen LogP contribution in [0.5, 0.6) is 0 Å². The maximum absolute atomic E-state index is 11.2. The molecule has 0 saturated carbocycles. The van der Waals surface area contributed by atoms with Gasteiger partial charge >= 0.3 is 0 Å². The zero-order valence-corrected chi connectivity index (χ0v) is 8.14. The van der Waals surface area contributed by atoms with Gasteiger partial charge < -0.3 is 4.74 Å². The van der Waals surface area contributed by atoms with E-state index in [-0.39, 0.29) is 18.1 Å². The maximum atomic E-state index is 11.2. The fraction of sp³-hybridized carbons (Fsp3) is 0.625. The molecule has 0 aromatic heterocycles. The highest BCUT2D eigenvalue weighted by molar-refractivity contribution is 7.96. The first-order valence-corrected chi connectivity index (χ1v) is 4.76. The number of ether oxygens (including phenoxy) is 1. The minimum Gasteiger partial charge on any atom is -0.368 e. The summed E-state index contributed by atoms with van der Waals surface area (Å²) in [5, 5.41) is 0. The van der Waals surface area contributed by atoms with E-state index in [2.05, 4.69) is 11.8 Å². The van der Waals surface area contributed by atoms with Gasteiger partial charge in [-0.05, 0) is 18.9 Å². The SMILES string of the molecule is CC#CC1C(OC)C(=O)N1SC. The third-order valence-electron chi connectivity index (χ3n) is 1.74. The van der Waals surface area contributed by atoms with Crippen molar-refractivity contribution in [2.45, 2.75) is 19.1 Å². The summed E-state index contributed by atoms with van der Waals surface area (Å²) in [4.78, 5) is 11.2. The summed E-state index contributed by atoms with van der Waals surface area (Å²) in [6.07, 6.45) is 1.50. The third-order valence-corrected chi connectivity index (χ3v) is 2.54. The van der Waals surface area contributed by atoms with Crippen LogP contribution in [0, 0.1) is 11.8 Å². The lowest BCUT2D eigenvalue weighted by molar-refractivity contribution is -0.153. The molecule has 66 valence electrons. The molecule has 0 N–H and O–H groups in total. The van der Waals surface area contributed by atoms with Crippen molar-refractivity contribution < 1.29 is 9.53 Å². The van der Waals surface area contributed by atoms with Gasteiger partial charge in [0.2, 0.25) is 0 Å². The summed E-state index contributed by atoms with van der Waals surface area (Å²) in [6.45, 7) is 1.76. The highest BCUT2D eigenvalue weighted by atomic mass is 32.2. The van der Waals surface area contributed by atoms with Crippen molar-refractivity contribution >= 4 is 17.9 Å². The Morgan fingerprint density at radius 3 is 2.75 bits per heavy atom. The van der Waals surface area contributed by atoms with Gasteiger partial charge in [-0.3, -0.25) is 9.10 Å². The first-order valence-electron chi connectivity index (χ1n) is 3.58. The zero-order chi connectivity index (χ0) is 9.14. The monoisotopic (exact) mass is 185 g/mol. The molecule has 1 fully saturated rings. The van der Waals surface area contributed by atoms with Crippen molar-refractivity contribution in [3.8, 4) is 11.8 Å². The molecule has 2 unspecified atom stereocenters. The Morgan fingerprint density at radius 1 is 1.67 bits per heavy atom. The van der Waals surface area contributed by atoms with Crippen molar-refractivity contribution in [2.75, 3.05) is 13.4 Å². The average molecular weight is 185 g/mol. The van der Waals surface area contributed by atoms with Gasteiger partial charge in [-0.1, -0.05) is 5.92 Å². The molecular weight excluding hydrogens is 174 g/mol. The zero-order valence-electron chi connectivity index (χ0n) is 7.33. The van der Waals surface area contributed by atoms with Gasteiger partial charge in [0.1, 0.15) is 6.04 Å². The van der Waals surface area contributed by atoms with Gasteiger partial charge in [-0.25, -0.2) is 0 Å². The van der Waals surface area contributed by atoms with Crippen molar-refractivity contribution in [1.29, 1.82) is 0 Å². The smallest absolute Gasteiger partial charge is 0.266 e. The van der Waals surface area contributed by atoms with E-state index >= 15 is 0 Å². The highest BCUT2D eigenvalue weighted by Gasteiger charge is 2.46. The van der Waals surface area contributed by atoms with Crippen molar-refractivity contribution in [3.05, 3.63) is 0 Å². The molecule has 0 aliphatic carbocycles. The first kappa shape index (κ1) is 9.43. The second kappa shape index (κ2) is 3.83. The number of rotatable bonds is 2. The summed E-state index contributed by atoms with van der Waals surface area (Å²) < 4.78 is 6.62. The fourth-order valence-corrected chi connectivity index (χ4v) is 1.83. The molecule has 0 spiro atoms. The Balaban J connectivity index is 2.67. The maximum Gasteiger partial charge on any atom is 0.266 e. The van der Waals surface area contributed by atoms with E-state index in [4.69, 9.17) is 4.74 Å². The Kier molecular flexibility index (Phi) is 3.01. The highest BCUT2D eigenvalue weighted by Crippen LogP contribution is 2.27. The van der Waals surface area contributed by atoms with Crippen LogP contribution >= 0.6 is 11.9 Å². The van der Waals surface area contributed by atoms with Crippen LogP contribution in [0.1, 0.15) is 6.92 Å². The van der Waals surface area contributed by atoms with E-state index in [1.165, 1.54) is 19.1 Å². The number of hydrogen-bond donors (Lipinski definition) is 0. The van der Waals surface area contributed by atoms with E-state index in [0.717, 1.165) is 0 Å². The van der Waals surface area contributed by atoms with Crippen LogP contribution in [0.2, 0.25) is 0 Å². The number of amides is 1. The lowest BCUT2D eigenvalue weighted by Crippen LogP contribution is -2.61. The van der Waals surface area contributed by atoms with Crippen molar-refractivity contribution in [2.24, 2.45) is 0 Å². The molecule has 12 heavy (non-hydrogen) atoms. The molecule has 0 aromatic carbocycles. The van der Waals surface area contributed by atoms with Gasteiger partial charge in [-0.2, -0.15) is 0 Å². The minimum atomic E-state index is -0.357. The number of carbonyl (C=O) groups is 1. The number of methoxy groups -OCH3 is 1. The van der Waals surface area contributed by atoms with Crippen LogP contribution in [0.15, 0.2) is 0 Å². The summed E-state index contributed by atoms with van der Waals surface area (Å²) in [5.74, 6) is 5.72. The number of carbonyl (C=O) groups excluding carboxylic acids is 1. The molecule has 0 radical (unpaired) electrons. The Hall–Kier alpha value is -0.660. The van der Waals surface area contributed by atoms with Crippen LogP contribution < -0.4 is 0 Å². The van der Waals surface area contributed by atoms with Crippen molar-refractivity contribution in [1.82, 2.24) is 4.31 Å². The lowest BCUT2D eigenvalue weighted by atomic mass is 10.0. The predicted molar refractivity (Wildman–Crippen MR) is 48.4 cm³/mol. The minimum absolute atomic E-state index is 0.0118. The topological polar surface area (TPSA) is 29.5 Å². The van der Waals surface area contributed by atoms with Gasteiger partial charge in [0.25, 0.3) is 5.91 Å². The van der Waals surface area contributed by atoms with Gasteiger partial charge in [0.05, 0.1) is 0 Å². The second-order valence-electron chi connectivity index (χ2n) is 2.34. The molecule has 2 atom stereocenters. The van der Waals surface area contributed by atoms with Crippen LogP contribution in [0.4, 0.5) is 0 Å². The van der Waals surface area contributed by atoms with Crippen LogP contribution in [0.25, 0.3) is 0 Å². The lowest BCUT2D eigenvalue weighted by Gasteiger charge is -2.41. The van der Waals surface area contributed by atoms with Gasteiger partial charge in [-0.15, -0.1) is 5.92 Å². The molecule has 0 aromatic rings. The van der Waals surface area contributed by atoms with Crippen molar-refractivity contribution in [3.63, 3.8) is 0 Å². The Morgan fingerprint density at radius 2 is 2.33 bits per heavy atom. The average Bonchev–Trinajstić information content (AvgIpc) is 2.06. The fourth-order valence-electron chi connectivity index (χ4n) is 1.15. The van der Waals surface area contributed by atoms with E-state index in [9.17, 15) is 4.79 Å². The largest absolute Gasteiger partial charge is 0.368 e. The summed E-state index contributed by atoms with van der Waals surface area (Å²) in [7, 11) is 1.53. The van der Waals surface area contributed by atoms with E-state index in [1.54, 1.807) is 11.2 Å². The molecule has 3 nitrogen and oxygen atoms in total. The molecule has 0 bridgehead atoms. The van der Waals surface area contributed by atoms with Gasteiger partial charge in [0.15, 0.2) is 6.10 Å². The molecule has 1 amide bonds. The van der Waals surface area contributed by atoms with E-state index in [1.807, 2.05) is 6.26 Å². The molecule has 4 heteroatoms. The van der Waals surface area contributed by atoms with Crippen LogP contribution in [-0.4, -0.2) is 35.7 Å². The number of nitrogens with zero attached hydrogens (tertiary/aromatic N) is 1. The molecular formula is C8H11NO2S. The molecule has 1 saturated heterocycles. The molecule has 1 rings (SSSR count). The van der Waals surface area contributed by atoms with Gasteiger partial charge in [0, 0.05) is 13.4 Å². The summed E-state index contributed by atoms with van der Waals surface area (Å²) in [6, 6.07) is -0.0671. The van der Waals surface area contributed by atoms with Crippen LogP contribution in [-0.2, 0) is 9.53 Å². The number of hydrogen-bond acceptors (Lipinski definition) is 3. The molecule has 1 aliphatic heterocycles. The van der Waals surface area contributed by atoms with E-state index in [0.29, 0.717) is 0 Å². The summed E-state index contributed by atoms with van der Waals surface area (Å²) >= 11 is 1.39. The standard InChI is InChI=1S/C8H11NO2S/c1-4-5-6-7(11-2)8(10)9(6)12-3/h6-7H,1-3H3. The van der Waals surface area contributed by atoms with E-state index < -0.39 is 0 Å². The quantitative estimate of drug-likeness (QED) is 0.357.